The van der Waals surface area contributed by atoms with E-state index >= 15 is 0 Å². The minimum Gasteiger partial charge on any atom is -0.489 e. The lowest BCUT2D eigenvalue weighted by molar-refractivity contribution is -0.136. The number of ether oxygens (including phenoxy) is 1. The molecule has 2 aromatic rings. The van der Waals surface area contributed by atoms with Crippen molar-refractivity contribution < 1.29 is 14.3 Å². The SMILES string of the molecule is C[C@]12CCC(=O)N[C@@H]1CC[C@@H]1[C@@H]2CC[C@]2(C)C(CNC(=O)c3ccc(OCc4ccccc4)cc3)CC[C@@H]12. The van der Waals surface area contributed by atoms with Crippen LogP contribution in [0.4, 0.5) is 0 Å². The van der Waals surface area contributed by atoms with Crippen LogP contribution in [0.2, 0.25) is 0 Å². The Kier molecular flexibility index (Phi) is 6.74. The molecule has 3 saturated carbocycles. The maximum absolute atomic E-state index is 13.0. The number of carbonyl (C=O) groups is 2. The Morgan fingerprint density at radius 3 is 2.47 bits per heavy atom. The Morgan fingerprint density at radius 2 is 1.68 bits per heavy atom. The second kappa shape index (κ2) is 10.1. The van der Waals surface area contributed by atoms with Crippen LogP contribution < -0.4 is 15.4 Å². The van der Waals surface area contributed by atoms with Crippen molar-refractivity contribution in [3.63, 3.8) is 0 Å². The molecule has 6 rings (SSSR count). The van der Waals surface area contributed by atoms with Crippen molar-refractivity contribution >= 4 is 11.8 Å². The molecule has 0 bridgehead atoms. The van der Waals surface area contributed by atoms with Gasteiger partial charge in [0.25, 0.3) is 5.91 Å². The van der Waals surface area contributed by atoms with E-state index in [9.17, 15) is 9.59 Å². The van der Waals surface area contributed by atoms with Gasteiger partial charge in [-0.1, -0.05) is 44.2 Å². The van der Waals surface area contributed by atoms with Crippen LogP contribution in [-0.2, 0) is 11.4 Å². The zero-order valence-electron chi connectivity index (χ0n) is 22.9. The molecule has 2 amide bonds. The number of carbonyl (C=O) groups excluding carboxylic acids is 2. The number of hydrogen-bond donors (Lipinski definition) is 2. The third kappa shape index (κ3) is 4.52. The van der Waals surface area contributed by atoms with E-state index in [2.05, 4.69) is 24.5 Å². The summed E-state index contributed by atoms with van der Waals surface area (Å²) in [7, 11) is 0. The monoisotopic (exact) mass is 514 g/mol. The highest BCUT2D eigenvalue weighted by atomic mass is 16.5. The fourth-order valence-corrected chi connectivity index (χ4v) is 8.91. The predicted octanol–water partition coefficient (Wildman–Crippen LogP) is 6.13. The third-order valence-corrected chi connectivity index (χ3v) is 11.2. The first kappa shape index (κ1) is 25.5. The molecule has 1 heterocycles. The van der Waals surface area contributed by atoms with E-state index in [1.54, 1.807) is 0 Å². The largest absolute Gasteiger partial charge is 0.489 e. The van der Waals surface area contributed by atoms with E-state index in [0.717, 1.165) is 48.5 Å². The second-order valence-electron chi connectivity index (χ2n) is 12.9. The molecule has 1 aliphatic heterocycles. The summed E-state index contributed by atoms with van der Waals surface area (Å²) in [6.07, 6.45) is 9.08. The van der Waals surface area contributed by atoms with Crippen LogP contribution in [0.25, 0.3) is 0 Å². The number of nitrogens with one attached hydrogen (secondary N) is 2. The summed E-state index contributed by atoms with van der Waals surface area (Å²) in [6, 6.07) is 18.0. The normalized spacial score (nSPS) is 35.8. The Bertz CT molecular complexity index is 1160. The van der Waals surface area contributed by atoms with Gasteiger partial charge >= 0.3 is 0 Å². The summed E-state index contributed by atoms with van der Waals surface area (Å²) in [6.45, 7) is 6.24. The number of amides is 2. The molecule has 5 heteroatoms. The molecule has 2 N–H and O–H groups in total. The molecule has 1 saturated heterocycles. The zero-order valence-corrected chi connectivity index (χ0v) is 22.9. The van der Waals surface area contributed by atoms with Gasteiger partial charge in [-0.2, -0.15) is 0 Å². The third-order valence-electron chi connectivity index (χ3n) is 11.2. The van der Waals surface area contributed by atoms with Crippen molar-refractivity contribution in [1.29, 1.82) is 0 Å². The molecule has 202 valence electrons. The minimum absolute atomic E-state index is 0.00584. The second-order valence-corrected chi connectivity index (χ2v) is 12.9. The zero-order chi connectivity index (χ0) is 26.3. The first-order valence-electron chi connectivity index (χ1n) is 14.7. The van der Waals surface area contributed by atoms with Gasteiger partial charge < -0.3 is 15.4 Å². The number of hydrogen-bond acceptors (Lipinski definition) is 3. The van der Waals surface area contributed by atoms with Crippen LogP contribution in [0.3, 0.4) is 0 Å². The van der Waals surface area contributed by atoms with Crippen LogP contribution >= 0.6 is 0 Å². The number of piperidine rings is 1. The molecule has 5 nitrogen and oxygen atoms in total. The topological polar surface area (TPSA) is 67.4 Å². The van der Waals surface area contributed by atoms with Gasteiger partial charge in [-0.15, -0.1) is 0 Å². The molecule has 0 aromatic heterocycles. The quantitative estimate of drug-likeness (QED) is 0.487. The maximum atomic E-state index is 13.0. The molecule has 38 heavy (non-hydrogen) atoms. The average Bonchev–Trinajstić information content (AvgIpc) is 3.28. The lowest BCUT2D eigenvalue weighted by atomic mass is 9.47. The summed E-state index contributed by atoms with van der Waals surface area (Å²) in [4.78, 5) is 25.1. The molecule has 4 aliphatic rings. The van der Waals surface area contributed by atoms with Crippen molar-refractivity contribution in [2.24, 2.45) is 34.5 Å². The van der Waals surface area contributed by atoms with Crippen molar-refractivity contribution in [3.05, 3.63) is 65.7 Å². The number of benzene rings is 2. The minimum atomic E-state index is 0.00584. The lowest BCUT2D eigenvalue weighted by Gasteiger charge is -2.60. The molecule has 0 radical (unpaired) electrons. The molecule has 1 unspecified atom stereocenters. The number of rotatable bonds is 6. The lowest BCUT2D eigenvalue weighted by Crippen LogP contribution is -2.61. The van der Waals surface area contributed by atoms with E-state index in [1.807, 2.05) is 54.6 Å². The summed E-state index contributed by atoms with van der Waals surface area (Å²) in [5.41, 5.74) is 2.36. The average molecular weight is 515 g/mol. The van der Waals surface area contributed by atoms with Gasteiger partial charge in [-0.25, -0.2) is 0 Å². The molecule has 2 aromatic carbocycles. The van der Waals surface area contributed by atoms with Crippen LogP contribution in [0.15, 0.2) is 54.6 Å². The van der Waals surface area contributed by atoms with Crippen LogP contribution in [-0.4, -0.2) is 24.4 Å². The summed E-state index contributed by atoms with van der Waals surface area (Å²) < 4.78 is 5.88. The van der Waals surface area contributed by atoms with Crippen molar-refractivity contribution in [2.75, 3.05) is 6.54 Å². The van der Waals surface area contributed by atoms with Gasteiger partial charge in [0.05, 0.1) is 0 Å². The first-order chi connectivity index (χ1) is 18.4. The van der Waals surface area contributed by atoms with E-state index in [1.165, 1.54) is 32.1 Å². The number of fused-ring (bicyclic) bond motifs is 5. The molecule has 4 fully saturated rings. The molecular weight excluding hydrogens is 472 g/mol. The van der Waals surface area contributed by atoms with Gasteiger partial charge in [0.15, 0.2) is 0 Å². The van der Waals surface area contributed by atoms with E-state index in [-0.39, 0.29) is 17.2 Å². The van der Waals surface area contributed by atoms with Crippen molar-refractivity contribution in [1.82, 2.24) is 10.6 Å². The predicted molar refractivity (Wildman–Crippen MR) is 149 cm³/mol. The Labute approximate surface area is 227 Å². The molecule has 0 spiro atoms. The fraction of sp³-hybridized carbons (Fsp3) is 0.576. The molecule has 3 aliphatic carbocycles. The highest BCUT2D eigenvalue weighted by Gasteiger charge is 2.60. The summed E-state index contributed by atoms with van der Waals surface area (Å²) in [5, 5.41) is 6.62. The van der Waals surface area contributed by atoms with Gasteiger partial charge in [-0.3, -0.25) is 9.59 Å². The van der Waals surface area contributed by atoms with E-state index in [0.29, 0.717) is 36.0 Å². The van der Waals surface area contributed by atoms with Gasteiger partial charge in [0, 0.05) is 24.6 Å². The standard InChI is InChI=1S/C33H42N2O3/c1-32-18-16-28-26(13-15-29-33(28,2)19-17-30(36)35-29)27(32)14-10-24(32)20-34-31(37)23-8-11-25(12-9-23)38-21-22-6-4-3-5-7-22/h3-9,11-12,24,26-29H,10,13-21H2,1-2H3,(H,34,37)(H,35,36)/t24?,26-,27-,28-,29+,32+,33+/m0/s1. The molecular formula is C33H42N2O3. The van der Waals surface area contributed by atoms with E-state index < -0.39 is 0 Å². The van der Waals surface area contributed by atoms with Crippen LogP contribution in [0.5, 0.6) is 5.75 Å². The molecule has 7 atom stereocenters. The fourth-order valence-electron chi connectivity index (χ4n) is 8.91. The first-order valence-corrected chi connectivity index (χ1v) is 14.7. The van der Waals surface area contributed by atoms with Gasteiger partial charge in [0.2, 0.25) is 5.91 Å². The van der Waals surface area contributed by atoms with Crippen molar-refractivity contribution in [3.8, 4) is 5.75 Å². The summed E-state index contributed by atoms with van der Waals surface area (Å²) in [5.74, 6) is 3.77. The van der Waals surface area contributed by atoms with E-state index in [4.69, 9.17) is 4.74 Å². The smallest absolute Gasteiger partial charge is 0.251 e. The highest BCUT2D eigenvalue weighted by Crippen LogP contribution is 2.65. The van der Waals surface area contributed by atoms with Crippen LogP contribution in [0, 0.1) is 34.5 Å². The Hall–Kier alpha value is -2.82. The van der Waals surface area contributed by atoms with Crippen molar-refractivity contribution in [2.45, 2.75) is 77.9 Å². The van der Waals surface area contributed by atoms with Gasteiger partial charge in [-0.05, 0) is 109 Å². The Balaban J connectivity index is 1.05. The Morgan fingerprint density at radius 1 is 0.921 bits per heavy atom. The maximum Gasteiger partial charge on any atom is 0.251 e. The summed E-state index contributed by atoms with van der Waals surface area (Å²) >= 11 is 0. The van der Waals surface area contributed by atoms with Crippen LogP contribution in [0.1, 0.15) is 81.1 Å². The highest BCUT2D eigenvalue weighted by molar-refractivity contribution is 5.94. The van der Waals surface area contributed by atoms with Gasteiger partial charge in [0.1, 0.15) is 12.4 Å².